The molecule has 1 aromatic carbocycles. The standard InChI is InChI=1S/C16H22N4O2/c1-3-20(4-2)14(21)9-6-10-17-16(22)13-8-5-7-12-11-18-19-15(12)13/h5,7-8,11H,3-4,6,9-10H2,1-2H3,(H,17,22)(H,18,19). The monoisotopic (exact) mass is 302 g/mol. The zero-order chi connectivity index (χ0) is 15.9. The maximum Gasteiger partial charge on any atom is 0.253 e. The summed E-state index contributed by atoms with van der Waals surface area (Å²) < 4.78 is 0. The van der Waals surface area contributed by atoms with E-state index in [2.05, 4.69) is 15.5 Å². The SMILES string of the molecule is CCN(CC)C(=O)CCCNC(=O)c1cccc2cn[nH]c12. The molecule has 0 aliphatic carbocycles. The van der Waals surface area contributed by atoms with E-state index in [0.29, 0.717) is 24.9 Å². The van der Waals surface area contributed by atoms with E-state index < -0.39 is 0 Å². The van der Waals surface area contributed by atoms with Gasteiger partial charge in [-0.25, -0.2) is 0 Å². The van der Waals surface area contributed by atoms with E-state index in [9.17, 15) is 9.59 Å². The van der Waals surface area contributed by atoms with Crippen molar-refractivity contribution in [2.75, 3.05) is 19.6 Å². The van der Waals surface area contributed by atoms with Crippen LogP contribution in [0.1, 0.15) is 37.0 Å². The van der Waals surface area contributed by atoms with E-state index in [0.717, 1.165) is 24.0 Å². The number of H-pyrrole nitrogens is 1. The summed E-state index contributed by atoms with van der Waals surface area (Å²) in [4.78, 5) is 25.9. The molecule has 1 heterocycles. The Labute approximate surface area is 129 Å². The van der Waals surface area contributed by atoms with Gasteiger partial charge in [0.2, 0.25) is 5.91 Å². The molecule has 0 atom stereocenters. The molecule has 2 N–H and O–H groups in total. The fraction of sp³-hybridized carbons (Fsp3) is 0.438. The molecule has 2 aromatic rings. The Morgan fingerprint density at radius 3 is 2.77 bits per heavy atom. The van der Waals surface area contributed by atoms with Crippen LogP contribution in [0.25, 0.3) is 10.9 Å². The molecule has 0 fully saturated rings. The summed E-state index contributed by atoms with van der Waals surface area (Å²) in [5.41, 5.74) is 1.31. The zero-order valence-corrected chi connectivity index (χ0v) is 13.1. The Bertz CT molecular complexity index is 646. The molecule has 0 aliphatic heterocycles. The van der Waals surface area contributed by atoms with Crippen molar-refractivity contribution in [3.8, 4) is 0 Å². The number of hydrogen-bond donors (Lipinski definition) is 2. The molecule has 0 spiro atoms. The van der Waals surface area contributed by atoms with Crippen molar-refractivity contribution >= 4 is 22.7 Å². The maximum atomic E-state index is 12.2. The molecule has 2 amide bonds. The van der Waals surface area contributed by atoms with Crippen LogP contribution in [-0.4, -0.2) is 46.5 Å². The second kappa shape index (κ2) is 7.59. The topological polar surface area (TPSA) is 78.1 Å². The number of aromatic amines is 1. The van der Waals surface area contributed by atoms with Gasteiger partial charge in [0.25, 0.3) is 5.91 Å². The normalized spacial score (nSPS) is 10.6. The first-order chi connectivity index (χ1) is 10.7. The van der Waals surface area contributed by atoms with Crippen molar-refractivity contribution < 1.29 is 9.59 Å². The molecule has 6 heteroatoms. The van der Waals surface area contributed by atoms with Gasteiger partial charge >= 0.3 is 0 Å². The number of rotatable bonds is 7. The number of hydrogen-bond acceptors (Lipinski definition) is 3. The smallest absolute Gasteiger partial charge is 0.253 e. The molecule has 0 saturated heterocycles. The fourth-order valence-corrected chi connectivity index (χ4v) is 2.43. The molecule has 0 radical (unpaired) electrons. The van der Waals surface area contributed by atoms with Crippen LogP contribution in [0.3, 0.4) is 0 Å². The van der Waals surface area contributed by atoms with Gasteiger partial charge < -0.3 is 10.2 Å². The number of amides is 2. The molecule has 2 rings (SSSR count). The first-order valence-electron chi connectivity index (χ1n) is 7.65. The lowest BCUT2D eigenvalue weighted by atomic mass is 10.1. The van der Waals surface area contributed by atoms with Crippen molar-refractivity contribution in [3.63, 3.8) is 0 Å². The van der Waals surface area contributed by atoms with E-state index in [1.807, 2.05) is 26.0 Å². The van der Waals surface area contributed by atoms with Crippen LogP contribution in [0.5, 0.6) is 0 Å². The predicted molar refractivity (Wildman–Crippen MR) is 85.6 cm³/mol. The summed E-state index contributed by atoms with van der Waals surface area (Å²) >= 11 is 0. The molecule has 1 aromatic heterocycles. The third-order valence-electron chi connectivity index (χ3n) is 3.69. The molecule has 0 saturated carbocycles. The van der Waals surface area contributed by atoms with E-state index in [1.54, 1.807) is 17.2 Å². The predicted octanol–water partition coefficient (Wildman–Crippen LogP) is 1.94. The van der Waals surface area contributed by atoms with Gasteiger partial charge in [0.15, 0.2) is 0 Å². The number of carbonyl (C=O) groups excluding carboxylic acids is 2. The van der Waals surface area contributed by atoms with Gasteiger partial charge in [-0.3, -0.25) is 14.7 Å². The summed E-state index contributed by atoms with van der Waals surface area (Å²) in [6.07, 6.45) is 2.78. The van der Waals surface area contributed by atoms with Gasteiger partial charge in [-0.1, -0.05) is 12.1 Å². The Hall–Kier alpha value is -2.37. The van der Waals surface area contributed by atoms with Crippen LogP contribution in [-0.2, 0) is 4.79 Å². The van der Waals surface area contributed by atoms with Crippen molar-refractivity contribution in [2.45, 2.75) is 26.7 Å². The van der Waals surface area contributed by atoms with Crippen molar-refractivity contribution in [1.29, 1.82) is 0 Å². The minimum absolute atomic E-state index is 0.134. The van der Waals surface area contributed by atoms with Crippen LogP contribution in [0.4, 0.5) is 0 Å². The van der Waals surface area contributed by atoms with E-state index in [4.69, 9.17) is 0 Å². The molecule has 0 unspecified atom stereocenters. The van der Waals surface area contributed by atoms with E-state index in [1.165, 1.54) is 0 Å². The van der Waals surface area contributed by atoms with E-state index in [-0.39, 0.29) is 11.8 Å². The Kier molecular flexibility index (Phi) is 5.52. The quantitative estimate of drug-likeness (QED) is 0.767. The largest absolute Gasteiger partial charge is 0.352 e. The highest BCUT2D eigenvalue weighted by Crippen LogP contribution is 2.15. The van der Waals surface area contributed by atoms with Crippen LogP contribution < -0.4 is 5.32 Å². The van der Waals surface area contributed by atoms with Crippen LogP contribution >= 0.6 is 0 Å². The second-order valence-electron chi connectivity index (χ2n) is 5.07. The number of para-hydroxylation sites is 1. The first kappa shape index (κ1) is 16.0. The van der Waals surface area contributed by atoms with Gasteiger partial charge in [-0.15, -0.1) is 0 Å². The minimum atomic E-state index is -0.148. The highest BCUT2D eigenvalue weighted by molar-refractivity contribution is 6.05. The second-order valence-corrected chi connectivity index (χ2v) is 5.07. The molecule has 6 nitrogen and oxygen atoms in total. The lowest BCUT2D eigenvalue weighted by Crippen LogP contribution is -2.31. The first-order valence-corrected chi connectivity index (χ1v) is 7.65. The summed E-state index contributed by atoms with van der Waals surface area (Å²) in [5, 5.41) is 10.5. The average molecular weight is 302 g/mol. The van der Waals surface area contributed by atoms with Crippen LogP contribution in [0, 0.1) is 0 Å². The number of aromatic nitrogens is 2. The van der Waals surface area contributed by atoms with Gasteiger partial charge in [0.1, 0.15) is 0 Å². The highest BCUT2D eigenvalue weighted by Gasteiger charge is 2.12. The number of benzene rings is 1. The Morgan fingerprint density at radius 2 is 2.05 bits per heavy atom. The summed E-state index contributed by atoms with van der Waals surface area (Å²) in [6, 6.07) is 5.49. The number of carbonyl (C=O) groups is 2. The summed E-state index contributed by atoms with van der Waals surface area (Å²) in [5.74, 6) is -0.0138. The van der Waals surface area contributed by atoms with E-state index >= 15 is 0 Å². The van der Waals surface area contributed by atoms with Crippen LogP contribution in [0.15, 0.2) is 24.4 Å². The molecule has 0 aliphatic rings. The zero-order valence-electron chi connectivity index (χ0n) is 13.1. The maximum absolute atomic E-state index is 12.2. The number of fused-ring (bicyclic) bond motifs is 1. The van der Waals surface area contributed by atoms with Crippen molar-refractivity contribution in [3.05, 3.63) is 30.0 Å². The summed E-state index contributed by atoms with van der Waals surface area (Å²) in [6.45, 7) is 5.87. The molecular weight excluding hydrogens is 280 g/mol. The van der Waals surface area contributed by atoms with Gasteiger partial charge in [-0.05, 0) is 26.3 Å². The average Bonchev–Trinajstić information content (AvgIpc) is 3.01. The lowest BCUT2D eigenvalue weighted by Gasteiger charge is -2.18. The van der Waals surface area contributed by atoms with Crippen molar-refractivity contribution in [2.24, 2.45) is 0 Å². The molecular formula is C16H22N4O2. The molecule has 22 heavy (non-hydrogen) atoms. The van der Waals surface area contributed by atoms with Gasteiger partial charge in [0, 0.05) is 31.4 Å². The van der Waals surface area contributed by atoms with Crippen LogP contribution in [0.2, 0.25) is 0 Å². The van der Waals surface area contributed by atoms with Gasteiger partial charge in [-0.2, -0.15) is 5.10 Å². The summed E-state index contributed by atoms with van der Waals surface area (Å²) in [7, 11) is 0. The van der Waals surface area contributed by atoms with Crippen molar-refractivity contribution in [1.82, 2.24) is 20.4 Å². The van der Waals surface area contributed by atoms with Gasteiger partial charge in [0.05, 0.1) is 17.3 Å². The Morgan fingerprint density at radius 1 is 1.27 bits per heavy atom. The number of nitrogens with zero attached hydrogens (tertiary/aromatic N) is 2. The third kappa shape index (κ3) is 3.63. The third-order valence-corrected chi connectivity index (χ3v) is 3.69. The number of nitrogens with one attached hydrogen (secondary N) is 2. The minimum Gasteiger partial charge on any atom is -0.352 e. The Balaban J connectivity index is 1.84. The lowest BCUT2D eigenvalue weighted by molar-refractivity contribution is -0.130. The molecule has 118 valence electrons. The highest BCUT2D eigenvalue weighted by atomic mass is 16.2. The molecule has 0 bridgehead atoms. The fourth-order valence-electron chi connectivity index (χ4n) is 2.43.